The summed E-state index contributed by atoms with van der Waals surface area (Å²) < 4.78 is 0. The average Bonchev–Trinajstić information content (AvgIpc) is 2.71. The third-order valence-electron chi connectivity index (χ3n) is 3.48. The molecule has 4 nitrogen and oxygen atoms in total. The van der Waals surface area contributed by atoms with E-state index < -0.39 is 11.9 Å². The molecule has 1 heterocycles. The summed E-state index contributed by atoms with van der Waals surface area (Å²) in [6.07, 6.45) is 0. The van der Waals surface area contributed by atoms with Gasteiger partial charge in [-0.05, 0) is 17.0 Å². The Kier molecular flexibility index (Phi) is 3.36. The van der Waals surface area contributed by atoms with Crippen molar-refractivity contribution in [3.63, 3.8) is 0 Å². The van der Waals surface area contributed by atoms with E-state index in [1.165, 1.54) is 5.56 Å². The van der Waals surface area contributed by atoms with Crippen molar-refractivity contribution < 1.29 is 14.7 Å². The predicted octanol–water partition coefficient (Wildman–Crippen LogP) is 1.72. The number of amides is 1. The molecule has 0 aliphatic carbocycles. The van der Waals surface area contributed by atoms with Gasteiger partial charge in [0.05, 0.1) is 0 Å². The summed E-state index contributed by atoms with van der Waals surface area (Å²) in [5.41, 5.74) is 2.12. The second-order valence-corrected chi connectivity index (χ2v) is 4.99. The topological polar surface area (TPSA) is 66.4 Å². The molecular formula is C14H17NO3. The molecule has 1 aliphatic rings. The molecular weight excluding hydrogens is 230 g/mol. The second kappa shape index (κ2) is 4.80. The number of rotatable bonds is 3. The fourth-order valence-corrected chi connectivity index (χ4v) is 2.34. The van der Waals surface area contributed by atoms with Gasteiger partial charge in [-0.15, -0.1) is 0 Å². The summed E-state index contributed by atoms with van der Waals surface area (Å²) in [6, 6.07) is 7.86. The van der Waals surface area contributed by atoms with E-state index in [0.717, 1.165) is 5.56 Å². The molecule has 0 saturated carbocycles. The van der Waals surface area contributed by atoms with Crippen LogP contribution in [-0.2, 0) is 9.59 Å². The minimum Gasteiger partial charge on any atom is -0.481 e. The fourth-order valence-electron chi connectivity index (χ4n) is 2.34. The van der Waals surface area contributed by atoms with E-state index in [1.54, 1.807) is 0 Å². The SMILES string of the molecule is CC(C)c1ccc([C@H]2CNC(=O)[C@@H]2C(=O)O)cc1. The number of nitrogens with one attached hydrogen (secondary N) is 1. The first-order chi connectivity index (χ1) is 8.50. The summed E-state index contributed by atoms with van der Waals surface area (Å²) in [6.45, 7) is 4.61. The van der Waals surface area contributed by atoms with Crippen molar-refractivity contribution >= 4 is 11.9 Å². The maximum Gasteiger partial charge on any atom is 0.316 e. The highest BCUT2D eigenvalue weighted by Crippen LogP contribution is 2.30. The van der Waals surface area contributed by atoms with Crippen molar-refractivity contribution in [2.45, 2.75) is 25.7 Å². The van der Waals surface area contributed by atoms with E-state index in [9.17, 15) is 9.59 Å². The fraction of sp³-hybridized carbons (Fsp3) is 0.429. The third kappa shape index (κ3) is 2.23. The van der Waals surface area contributed by atoms with Gasteiger partial charge in [0.1, 0.15) is 5.92 Å². The van der Waals surface area contributed by atoms with Crippen LogP contribution < -0.4 is 5.32 Å². The first-order valence-corrected chi connectivity index (χ1v) is 6.11. The molecule has 2 N–H and O–H groups in total. The molecule has 4 heteroatoms. The van der Waals surface area contributed by atoms with Gasteiger partial charge >= 0.3 is 5.97 Å². The van der Waals surface area contributed by atoms with Gasteiger partial charge in [0.25, 0.3) is 0 Å². The number of carboxylic acids is 1. The van der Waals surface area contributed by atoms with Gasteiger partial charge < -0.3 is 10.4 Å². The third-order valence-corrected chi connectivity index (χ3v) is 3.48. The summed E-state index contributed by atoms with van der Waals surface area (Å²) in [7, 11) is 0. The van der Waals surface area contributed by atoms with Crippen LogP contribution in [0.25, 0.3) is 0 Å². The van der Waals surface area contributed by atoms with Gasteiger partial charge in [-0.3, -0.25) is 9.59 Å². The number of hydrogen-bond donors (Lipinski definition) is 2. The van der Waals surface area contributed by atoms with Crippen LogP contribution in [0.1, 0.15) is 36.8 Å². The molecule has 1 aliphatic heterocycles. The molecule has 1 aromatic carbocycles. The van der Waals surface area contributed by atoms with E-state index in [2.05, 4.69) is 19.2 Å². The van der Waals surface area contributed by atoms with E-state index in [0.29, 0.717) is 12.5 Å². The molecule has 1 saturated heterocycles. The lowest BCUT2D eigenvalue weighted by Crippen LogP contribution is -2.26. The van der Waals surface area contributed by atoms with Crippen LogP contribution in [0.5, 0.6) is 0 Å². The van der Waals surface area contributed by atoms with Gasteiger partial charge in [-0.1, -0.05) is 38.1 Å². The van der Waals surface area contributed by atoms with E-state index in [-0.39, 0.29) is 11.8 Å². The molecule has 0 bridgehead atoms. The number of carbonyl (C=O) groups excluding carboxylic acids is 1. The molecule has 0 spiro atoms. The van der Waals surface area contributed by atoms with Gasteiger partial charge in [-0.25, -0.2) is 0 Å². The second-order valence-electron chi connectivity index (χ2n) is 4.99. The van der Waals surface area contributed by atoms with Crippen molar-refractivity contribution in [2.24, 2.45) is 5.92 Å². The number of benzene rings is 1. The van der Waals surface area contributed by atoms with Gasteiger partial charge in [0.2, 0.25) is 5.91 Å². The largest absolute Gasteiger partial charge is 0.481 e. The minimum atomic E-state index is -1.05. The van der Waals surface area contributed by atoms with Crippen molar-refractivity contribution in [3.8, 4) is 0 Å². The molecule has 0 unspecified atom stereocenters. The van der Waals surface area contributed by atoms with Crippen molar-refractivity contribution in [2.75, 3.05) is 6.54 Å². The lowest BCUT2D eigenvalue weighted by Gasteiger charge is -2.14. The Morgan fingerprint density at radius 3 is 2.44 bits per heavy atom. The number of hydrogen-bond acceptors (Lipinski definition) is 2. The summed E-state index contributed by atoms with van der Waals surface area (Å²) in [4.78, 5) is 22.6. The Balaban J connectivity index is 2.26. The van der Waals surface area contributed by atoms with Crippen molar-refractivity contribution in [3.05, 3.63) is 35.4 Å². The molecule has 1 amide bonds. The standard InChI is InChI=1S/C14H17NO3/c1-8(2)9-3-5-10(6-4-9)11-7-15-13(16)12(11)14(17)18/h3-6,8,11-12H,7H2,1-2H3,(H,15,16)(H,17,18)/t11-,12-/m1/s1. The van der Waals surface area contributed by atoms with E-state index in [4.69, 9.17) is 5.11 Å². The van der Waals surface area contributed by atoms with Crippen LogP contribution in [0.4, 0.5) is 0 Å². The molecule has 2 rings (SSSR count). The summed E-state index contributed by atoms with van der Waals surface area (Å²) in [5, 5.41) is 11.7. The van der Waals surface area contributed by atoms with Crippen LogP contribution in [0.2, 0.25) is 0 Å². The first-order valence-electron chi connectivity index (χ1n) is 6.11. The molecule has 0 aromatic heterocycles. The smallest absolute Gasteiger partial charge is 0.316 e. The minimum absolute atomic E-state index is 0.267. The van der Waals surface area contributed by atoms with Crippen molar-refractivity contribution in [1.82, 2.24) is 5.32 Å². The molecule has 1 fully saturated rings. The molecule has 18 heavy (non-hydrogen) atoms. The van der Waals surface area contributed by atoms with Crippen LogP contribution in [0, 0.1) is 5.92 Å². The predicted molar refractivity (Wildman–Crippen MR) is 67.4 cm³/mol. The molecule has 1 aromatic rings. The molecule has 0 radical (unpaired) electrons. The quantitative estimate of drug-likeness (QED) is 0.799. The highest BCUT2D eigenvalue weighted by molar-refractivity contribution is 5.99. The van der Waals surface area contributed by atoms with E-state index >= 15 is 0 Å². The zero-order valence-corrected chi connectivity index (χ0v) is 10.5. The normalized spacial score (nSPS) is 23.2. The average molecular weight is 247 g/mol. The Morgan fingerprint density at radius 1 is 1.33 bits per heavy atom. The lowest BCUT2D eigenvalue weighted by molar-refractivity contribution is -0.145. The van der Waals surface area contributed by atoms with Gasteiger partial charge in [0, 0.05) is 12.5 Å². The summed E-state index contributed by atoms with van der Waals surface area (Å²) >= 11 is 0. The van der Waals surface area contributed by atoms with Crippen LogP contribution in [0.15, 0.2) is 24.3 Å². The van der Waals surface area contributed by atoms with Crippen molar-refractivity contribution in [1.29, 1.82) is 0 Å². The Labute approximate surface area is 106 Å². The monoisotopic (exact) mass is 247 g/mol. The van der Waals surface area contributed by atoms with Crippen LogP contribution >= 0.6 is 0 Å². The highest BCUT2D eigenvalue weighted by atomic mass is 16.4. The van der Waals surface area contributed by atoms with Crippen LogP contribution in [0.3, 0.4) is 0 Å². The zero-order chi connectivity index (χ0) is 13.3. The van der Waals surface area contributed by atoms with Gasteiger partial charge in [0.15, 0.2) is 0 Å². The van der Waals surface area contributed by atoms with E-state index in [1.807, 2.05) is 24.3 Å². The Hall–Kier alpha value is -1.84. The highest BCUT2D eigenvalue weighted by Gasteiger charge is 2.40. The Bertz CT molecular complexity index is 464. The maximum atomic E-state index is 11.5. The molecule has 96 valence electrons. The lowest BCUT2D eigenvalue weighted by atomic mass is 9.87. The number of carboxylic acid groups (broad SMARTS) is 1. The zero-order valence-electron chi connectivity index (χ0n) is 10.5. The summed E-state index contributed by atoms with van der Waals surface area (Å²) in [5.74, 6) is -2.23. The Morgan fingerprint density at radius 2 is 1.94 bits per heavy atom. The van der Waals surface area contributed by atoms with Gasteiger partial charge in [-0.2, -0.15) is 0 Å². The number of aliphatic carboxylic acids is 1. The molecule has 2 atom stereocenters. The maximum absolute atomic E-state index is 11.5. The van der Waals surface area contributed by atoms with Crippen LogP contribution in [-0.4, -0.2) is 23.5 Å². The number of carbonyl (C=O) groups is 2. The first kappa shape index (κ1) is 12.6.